The number of hydrogen-bond acceptors (Lipinski definition) is 3. The minimum Gasteiger partial charge on any atom is -0.508 e. The maximum absolute atomic E-state index is 12.0. The highest BCUT2D eigenvalue weighted by atomic mass is 16.4. The van der Waals surface area contributed by atoms with Gasteiger partial charge in [0.2, 0.25) is 0 Å². The summed E-state index contributed by atoms with van der Waals surface area (Å²) in [5.74, 6) is -1.61. The van der Waals surface area contributed by atoms with E-state index in [9.17, 15) is 19.8 Å². The van der Waals surface area contributed by atoms with Crippen molar-refractivity contribution in [1.29, 1.82) is 0 Å². The predicted octanol–water partition coefficient (Wildman–Crippen LogP) is 2.65. The van der Waals surface area contributed by atoms with Crippen molar-refractivity contribution >= 4 is 17.6 Å². The molecule has 5 heteroatoms. The van der Waals surface area contributed by atoms with Crippen molar-refractivity contribution in [2.75, 3.05) is 5.32 Å². The van der Waals surface area contributed by atoms with Gasteiger partial charge >= 0.3 is 5.97 Å². The van der Waals surface area contributed by atoms with Gasteiger partial charge < -0.3 is 15.5 Å². The first-order chi connectivity index (χ1) is 9.49. The van der Waals surface area contributed by atoms with Gasteiger partial charge in [-0.1, -0.05) is 18.2 Å². The van der Waals surface area contributed by atoms with Gasteiger partial charge in [0.05, 0.1) is 11.3 Å². The van der Waals surface area contributed by atoms with Gasteiger partial charge in [0.25, 0.3) is 5.91 Å². The Bertz CT molecular complexity index is 679. The Morgan fingerprint density at radius 2 is 1.80 bits per heavy atom. The van der Waals surface area contributed by atoms with E-state index in [2.05, 4.69) is 5.32 Å². The topological polar surface area (TPSA) is 86.6 Å². The molecule has 0 aliphatic rings. The van der Waals surface area contributed by atoms with Gasteiger partial charge in [-0.3, -0.25) is 4.79 Å². The van der Waals surface area contributed by atoms with Crippen molar-refractivity contribution in [1.82, 2.24) is 0 Å². The fourth-order valence-electron chi connectivity index (χ4n) is 1.90. The molecule has 0 aliphatic carbocycles. The quantitative estimate of drug-likeness (QED) is 0.801. The summed E-state index contributed by atoms with van der Waals surface area (Å²) in [4.78, 5) is 23.3. The first kappa shape index (κ1) is 13.6. The van der Waals surface area contributed by atoms with Crippen LogP contribution in [-0.4, -0.2) is 22.1 Å². The van der Waals surface area contributed by atoms with E-state index in [0.29, 0.717) is 5.56 Å². The summed E-state index contributed by atoms with van der Waals surface area (Å²) in [5.41, 5.74) is 1.10. The minimum absolute atomic E-state index is 0.0275. The zero-order valence-electron chi connectivity index (χ0n) is 10.8. The molecule has 0 aliphatic heterocycles. The van der Waals surface area contributed by atoms with Crippen molar-refractivity contribution < 1.29 is 19.8 Å². The molecule has 20 heavy (non-hydrogen) atoms. The second-order valence-electron chi connectivity index (χ2n) is 4.31. The van der Waals surface area contributed by atoms with E-state index in [1.165, 1.54) is 24.3 Å². The van der Waals surface area contributed by atoms with Crippen molar-refractivity contribution in [2.24, 2.45) is 0 Å². The van der Waals surface area contributed by atoms with Crippen molar-refractivity contribution in [3.63, 3.8) is 0 Å². The molecule has 0 heterocycles. The summed E-state index contributed by atoms with van der Waals surface area (Å²) in [7, 11) is 0. The number of carboxylic acids is 1. The number of carbonyl (C=O) groups excluding carboxylic acids is 1. The van der Waals surface area contributed by atoms with Crippen LogP contribution in [0, 0.1) is 6.92 Å². The third-order valence-electron chi connectivity index (χ3n) is 2.84. The van der Waals surface area contributed by atoms with Crippen LogP contribution in [0.5, 0.6) is 5.75 Å². The first-order valence-corrected chi connectivity index (χ1v) is 5.92. The number of aryl methyl sites for hydroxylation is 1. The van der Waals surface area contributed by atoms with Gasteiger partial charge in [-0.05, 0) is 36.8 Å². The van der Waals surface area contributed by atoms with E-state index in [1.54, 1.807) is 25.1 Å². The highest BCUT2D eigenvalue weighted by Crippen LogP contribution is 2.21. The van der Waals surface area contributed by atoms with Crippen LogP contribution in [0.15, 0.2) is 42.5 Å². The molecular formula is C15H13NO4. The SMILES string of the molecule is Cc1cccc(NC(=O)c2cccc(O)c2)c1C(=O)O. The molecule has 3 N–H and O–H groups in total. The first-order valence-electron chi connectivity index (χ1n) is 5.92. The predicted molar refractivity (Wildman–Crippen MR) is 74.2 cm³/mol. The molecule has 2 aromatic rings. The molecule has 0 spiro atoms. The maximum Gasteiger partial charge on any atom is 0.338 e. The number of carboxylic acid groups (broad SMARTS) is 1. The van der Waals surface area contributed by atoms with Crippen molar-refractivity contribution in [3.8, 4) is 5.75 Å². The Hall–Kier alpha value is -2.82. The fraction of sp³-hybridized carbons (Fsp3) is 0.0667. The number of phenols is 1. The van der Waals surface area contributed by atoms with Crippen LogP contribution in [-0.2, 0) is 0 Å². The smallest absolute Gasteiger partial charge is 0.338 e. The van der Waals surface area contributed by atoms with E-state index in [0.717, 1.165) is 0 Å². The van der Waals surface area contributed by atoms with E-state index in [-0.39, 0.29) is 22.6 Å². The number of nitrogens with one attached hydrogen (secondary N) is 1. The second-order valence-corrected chi connectivity index (χ2v) is 4.31. The lowest BCUT2D eigenvalue weighted by Crippen LogP contribution is -2.15. The Morgan fingerprint density at radius 3 is 2.45 bits per heavy atom. The standard InChI is InChI=1S/C15H13NO4/c1-9-4-2-7-12(13(9)15(19)20)16-14(18)10-5-3-6-11(17)8-10/h2-8,17H,1H3,(H,16,18)(H,19,20). The van der Waals surface area contributed by atoms with Gasteiger partial charge in [0.15, 0.2) is 0 Å². The number of carbonyl (C=O) groups is 2. The van der Waals surface area contributed by atoms with E-state index in [1.807, 2.05) is 0 Å². The Labute approximate surface area is 115 Å². The molecule has 2 aromatic carbocycles. The third-order valence-corrected chi connectivity index (χ3v) is 2.84. The van der Waals surface area contributed by atoms with E-state index < -0.39 is 11.9 Å². The Kier molecular flexibility index (Phi) is 3.70. The number of phenolic OH excluding ortho intramolecular Hbond substituents is 1. The molecule has 102 valence electrons. The maximum atomic E-state index is 12.0. The van der Waals surface area contributed by atoms with Crippen LogP contribution in [0.2, 0.25) is 0 Å². The molecule has 0 saturated carbocycles. The molecule has 0 aromatic heterocycles. The minimum atomic E-state index is -1.10. The van der Waals surface area contributed by atoms with Crippen LogP contribution in [0.4, 0.5) is 5.69 Å². The Morgan fingerprint density at radius 1 is 1.10 bits per heavy atom. The number of anilines is 1. The van der Waals surface area contributed by atoms with Gasteiger partial charge in [-0.2, -0.15) is 0 Å². The number of benzene rings is 2. The lowest BCUT2D eigenvalue weighted by Gasteiger charge is -2.10. The lowest BCUT2D eigenvalue weighted by atomic mass is 10.1. The van der Waals surface area contributed by atoms with Gasteiger partial charge in [-0.25, -0.2) is 4.79 Å². The van der Waals surface area contributed by atoms with Crippen LogP contribution < -0.4 is 5.32 Å². The third kappa shape index (κ3) is 2.77. The number of amides is 1. The van der Waals surface area contributed by atoms with Gasteiger partial charge in [-0.15, -0.1) is 0 Å². The Balaban J connectivity index is 2.33. The molecule has 0 atom stereocenters. The molecule has 0 bridgehead atoms. The van der Waals surface area contributed by atoms with Crippen LogP contribution in [0.25, 0.3) is 0 Å². The monoisotopic (exact) mass is 271 g/mol. The molecule has 0 saturated heterocycles. The lowest BCUT2D eigenvalue weighted by molar-refractivity contribution is 0.0697. The molecule has 0 unspecified atom stereocenters. The van der Waals surface area contributed by atoms with Crippen molar-refractivity contribution in [3.05, 3.63) is 59.2 Å². The molecule has 2 rings (SSSR count). The number of rotatable bonds is 3. The number of aromatic carboxylic acids is 1. The average molecular weight is 271 g/mol. The summed E-state index contributed by atoms with van der Waals surface area (Å²) in [6.07, 6.45) is 0. The number of aromatic hydroxyl groups is 1. The summed E-state index contributed by atoms with van der Waals surface area (Å²) >= 11 is 0. The molecule has 5 nitrogen and oxygen atoms in total. The van der Waals surface area contributed by atoms with Crippen LogP contribution in [0.1, 0.15) is 26.3 Å². The molecule has 0 radical (unpaired) electrons. The second kappa shape index (κ2) is 5.44. The van der Waals surface area contributed by atoms with E-state index >= 15 is 0 Å². The largest absolute Gasteiger partial charge is 0.508 e. The van der Waals surface area contributed by atoms with Crippen LogP contribution in [0.3, 0.4) is 0 Å². The van der Waals surface area contributed by atoms with Gasteiger partial charge in [0, 0.05) is 5.56 Å². The van der Waals surface area contributed by atoms with Crippen LogP contribution >= 0.6 is 0 Å². The number of hydrogen-bond donors (Lipinski definition) is 3. The average Bonchev–Trinajstić information content (AvgIpc) is 2.38. The fourth-order valence-corrected chi connectivity index (χ4v) is 1.90. The molecular weight excluding hydrogens is 258 g/mol. The van der Waals surface area contributed by atoms with Gasteiger partial charge in [0.1, 0.15) is 5.75 Å². The molecule has 0 fully saturated rings. The summed E-state index contributed by atoms with van der Waals surface area (Å²) in [6, 6.07) is 10.7. The summed E-state index contributed by atoms with van der Waals surface area (Å²) < 4.78 is 0. The summed E-state index contributed by atoms with van der Waals surface area (Å²) in [6.45, 7) is 1.66. The zero-order chi connectivity index (χ0) is 14.7. The molecule has 1 amide bonds. The highest BCUT2D eigenvalue weighted by Gasteiger charge is 2.15. The van der Waals surface area contributed by atoms with E-state index in [4.69, 9.17) is 0 Å². The highest BCUT2D eigenvalue weighted by molar-refractivity contribution is 6.08. The zero-order valence-corrected chi connectivity index (χ0v) is 10.8. The summed E-state index contributed by atoms with van der Waals surface area (Å²) in [5, 5.41) is 21.1. The normalized spacial score (nSPS) is 10.1. The van der Waals surface area contributed by atoms with Crippen molar-refractivity contribution in [2.45, 2.75) is 6.92 Å².